The largest absolute Gasteiger partial charge is 0.465 e. The molecular weight excluding hydrogens is 383 g/mol. The van der Waals surface area contributed by atoms with Crippen LogP contribution in [0.2, 0.25) is 0 Å². The number of amides is 1. The lowest BCUT2D eigenvalue weighted by molar-refractivity contribution is -0.116. The van der Waals surface area contributed by atoms with Crippen LogP contribution in [0.3, 0.4) is 0 Å². The van der Waals surface area contributed by atoms with Crippen molar-refractivity contribution >= 4 is 28.6 Å². The van der Waals surface area contributed by atoms with Crippen molar-refractivity contribution in [2.75, 3.05) is 12.4 Å². The fraction of sp³-hybridized carbons (Fsp3) is 0.211. The third kappa shape index (κ3) is 3.77. The van der Waals surface area contributed by atoms with E-state index in [1.807, 2.05) is 0 Å². The molecule has 0 aliphatic heterocycles. The Balaban J connectivity index is 2.12. The second-order valence-electron chi connectivity index (χ2n) is 6.29. The van der Waals surface area contributed by atoms with Crippen molar-refractivity contribution in [3.05, 3.63) is 68.2 Å². The van der Waals surface area contributed by atoms with E-state index < -0.39 is 35.5 Å². The number of fused-ring (bicyclic) bond motifs is 1. The van der Waals surface area contributed by atoms with Crippen LogP contribution in [-0.4, -0.2) is 33.1 Å². The van der Waals surface area contributed by atoms with Gasteiger partial charge in [-0.3, -0.25) is 18.7 Å². The zero-order valence-corrected chi connectivity index (χ0v) is 15.9. The maximum atomic E-state index is 13.3. The maximum Gasteiger partial charge on any atom is 0.338 e. The Morgan fingerprint density at radius 1 is 1.24 bits per heavy atom. The minimum atomic E-state index is -0.856. The second kappa shape index (κ2) is 7.66. The van der Waals surface area contributed by atoms with Gasteiger partial charge in [-0.25, -0.2) is 19.0 Å². The van der Waals surface area contributed by atoms with E-state index in [-0.39, 0.29) is 22.3 Å². The highest BCUT2D eigenvalue weighted by Gasteiger charge is 2.21. The average molecular weight is 400 g/mol. The Morgan fingerprint density at radius 2 is 1.97 bits per heavy atom. The molecule has 2 heterocycles. The monoisotopic (exact) mass is 400 g/mol. The lowest BCUT2D eigenvalue weighted by Crippen LogP contribution is -2.42. The first-order valence-electron chi connectivity index (χ1n) is 8.48. The minimum Gasteiger partial charge on any atom is -0.465 e. The molecule has 150 valence electrons. The van der Waals surface area contributed by atoms with Crippen LogP contribution in [0, 0.1) is 12.7 Å². The van der Waals surface area contributed by atoms with Crippen LogP contribution in [0.1, 0.15) is 16.1 Å². The van der Waals surface area contributed by atoms with Crippen molar-refractivity contribution in [2.24, 2.45) is 7.05 Å². The van der Waals surface area contributed by atoms with Crippen LogP contribution >= 0.6 is 0 Å². The van der Waals surface area contributed by atoms with Gasteiger partial charge in [-0.15, -0.1) is 0 Å². The Labute approximate surface area is 163 Å². The highest BCUT2D eigenvalue weighted by Crippen LogP contribution is 2.15. The molecule has 3 aromatic rings. The lowest BCUT2D eigenvalue weighted by atomic mass is 10.1. The molecule has 3 rings (SSSR count). The summed E-state index contributed by atoms with van der Waals surface area (Å²) in [5, 5.41) is 2.28. The highest BCUT2D eigenvalue weighted by atomic mass is 19.1. The van der Waals surface area contributed by atoms with E-state index in [0.717, 1.165) is 17.7 Å². The molecule has 2 aromatic heterocycles. The second-order valence-corrected chi connectivity index (χ2v) is 6.29. The number of pyridine rings is 1. The van der Waals surface area contributed by atoms with E-state index in [1.165, 1.54) is 31.3 Å². The smallest absolute Gasteiger partial charge is 0.338 e. The van der Waals surface area contributed by atoms with Crippen molar-refractivity contribution in [1.82, 2.24) is 14.1 Å². The first kappa shape index (κ1) is 19.9. The molecule has 1 aromatic carbocycles. The number of anilines is 1. The summed E-state index contributed by atoms with van der Waals surface area (Å²) in [7, 11) is 2.54. The highest BCUT2D eigenvalue weighted by molar-refractivity contribution is 6.02. The van der Waals surface area contributed by atoms with Gasteiger partial charge in [0, 0.05) is 18.4 Å². The summed E-state index contributed by atoms with van der Waals surface area (Å²) >= 11 is 0. The molecular formula is C19H17FN4O5. The minimum absolute atomic E-state index is 0.00203. The van der Waals surface area contributed by atoms with Gasteiger partial charge in [-0.05, 0) is 31.2 Å². The molecule has 0 aliphatic carbocycles. The molecule has 0 spiro atoms. The summed E-state index contributed by atoms with van der Waals surface area (Å²) in [6.07, 6.45) is 0. The summed E-state index contributed by atoms with van der Waals surface area (Å²) in [5.41, 5.74) is -1.12. The van der Waals surface area contributed by atoms with Gasteiger partial charge in [-0.1, -0.05) is 6.07 Å². The van der Waals surface area contributed by atoms with Gasteiger partial charge in [0.1, 0.15) is 18.0 Å². The van der Waals surface area contributed by atoms with Crippen molar-refractivity contribution < 1.29 is 18.7 Å². The zero-order valence-electron chi connectivity index (χ0n) is 15.9. The van der Waals surface area contributed by atoms with Gasteiger partial charge < -0.3 is 10.1 Å². The van der Waals surface area contributed by atoms with Crippen LogP contribution in [-0.2, 0) is 23.1 Å². The molecule has 10 heteroatoms. The number of ether oxygens (including phenoxy) is 1. The number of rotatable bonds is 4. The van der Waals surface area contributed by atoms with Gasteiger partial charge in [0.15, 0.2) is 0 Å². The maximum absolute atomic E-state index is 13.3. The van der Waals surface area contributed by atoms with Crippen LogP contribution < -0.4 is 16.6 Å². The number of methoxy groups -OCH3 is 1. The number of hydrogen-bond donors (Lipinski definition) is 1. The Hall–Kier alpha value is -3.82. The molecule has 0 fully saturated rings. The number of nitrogens with zero attached hydrogens (tertiary/aromatic N) is 3. The summed E-state index contributed by atoms with van der Waals surface area (Å²) in [6.45, 7) is 0.973. The molecule has 9 nitrogen and oxygen atoms in total. The third-order valence-electron chi connectivity index (χ3n) is 4.24. The number of benzene rings is 1. The summed E-state index contributed by atoms with van der Waals surface area (Å²) in [6, 6.07) is 6.55. The average Bonchev–Trinajstić information content (AvgIpc) is 2.68. The van der Waals surface area contributed by atoms with E-state index in [1.54, 1.807) is 6.92 Å². The van der Waals surface area contributed by atoms with E-state index in [2.05, 4.69) is 10.3 Å². The topological polar surface area (TPSA) is 112 Å². The summed E-state index contributed by atoms with van der Waals surface area (Å²) < 4.78 is 19.8. The fourth-order valence-electron chi connectivity index (χ4n) is 2.92. The lowest BCUT2D eigenvalue weighted by Gasteiger charge is -2.13. The predicted molar refractivity (Wildman–Crippen MR) is 102 cm³/mol. The normalized spacial score (nSPS) is 10.8. The summed E-state index contributed by atoms with van der Waals surface area (Å²) in [4.78, 5) is 54.2. The first-order valence-corrected chi connectivity index (χ1v) is 8.48. The van der Waals surface area contributed by atoms with Crippen molar-refractivity contribution in [3.8, 4) is 0 Å². The van der Waals surface area contributed by atoms with E-state index in [0.29, 0.717) is 10.3 Å². The van der Waals surface area contributed by atoms with Crippen LogP contribution in [0.15, 0.2) is 39.9 Å². The van der Waals surface area contributed by atoms with E-state index in [4.69, 9.17) is 4.74 Å². The van der Waals surface area contributed by atoms with E-state index >= 15 is 0 Å². The number of carbonyl (C=O) groups is 2. The van der Waals surface area contributed by atoms with E-state index in [9.17, 15) is 23.6 Å². The number of halogens is 1. The molecule has 0 saturated heterocycles. The van der Waals surface area contributed by atoms with Gasteiger partial charge in [0.05, 0.1) is 18.1 Å². The molecule has 0 bridgehead atoms. The molecule has 0 aliphatic rings. The Kier molecular flexibility index (Phi) is 5.26. The Bertz CT molecular complexity index is 1260. The van der Waals surface area contributed by atoms with Crippen molar-refractivity contribution in [1.29, 1.82) is 0 Å². The Morgan fingerprint density at radius 3 is 2.62 bits per heavy atom. The van der Waals surface area contributed by atoms with Gasteiger partial charge in [-0.2, -0.15) is 0 Å². The molecule has 0 radical (unpaired) electrons. The summed E-state index contributed by atoms with van der Waals surface area (Å²) in [5.74, 6) is -2.04. The standard InChI is InChI=1S/C19H17FN4O5/c1-10-7-13(18(27)29-3)15-16(21-10)23(2)19(28)24(17(15)26)9-14(25)22-12-6-4-5-11(20)8-12/h4-8H,9H2,1-3H3,(H,22,25). The fourth-order valence-corrected chi connectivity index (χ4v) is 2.92. The van der Waals surface area contributed by atoms with Crippen LogP contribution in [0.25, 0.3) is 11.0 Å². The molecule has 0 atom stereocenters. The van der Waals surface area contributed by atoms with Gasteiger partial charge in [0.25, 0.3) is 5.56 Å². The zero-order chi connectivity index (χ0) is 21.3. The van der Waals surface area contributed by atoms with Gasteiger partial charge >= 0.3 is 11.7 Å². The molecule has 1 amide bonds. The molecule has 0 saturated carbocycles. The molecule has 1 N–H and O–H groups in total. The number of aromatic nitrogens is 3. The number of nitrogens with one attached hydrogen (secondary N) is 1. The van der Waals surface area contributed by atoms with Crippen molar-refractivity contribution in [3.63, 3.8) is 0 Å². The van der Waals surface area contributed by atoms with Crippen LogP contribution in [0.5, 0.6) is 0 Å². The third-order valence-corrected chi connectivity index (χ3v) is 4.24. The molecule has 0 unspecified atom stereocenters. The quantitative estimate of drug-likeness (QED) is 0.653. The number of esters is 1. The van der Waals surface area contributed by atoms with Crippen LogP contribution in [0.4, 0.5) is 10.1 Å². The first-order chi connectivity index (χ1) is 13.7. The number of aryl methyl sites for hydroxylation is 2. The van der Waals surface area contributed by atoms with Crippen molar-refractivity contribution in [2.45, 2.75) is 13.5 Å². The SMILES string of the molecule is COC(=O)c1cc(C)nc2c1c(=O)n(CC(=O)Nc1cccc(F)c1)c(=O)n2C. The number of hydrogen-bond acceptors (Lipinski definition) is 6. The molecule has 29 heavy (non-hydrogen) atoms. The number of carbonyl (C=O) groups excluding carboxylic acids is 2. The predicted octanol–water partition coefficient (Wildman–Crippen LogP) is 0.968. The van der Waals surface area contributed by atoms with Gasteiger partial charge in [0.2, 0.25) is 5.91 Å².